The number of hydrogen-bond donors (Lipinski definition) is 2. The quantitative estimate of drug-likeness (QED) is 0.384. The molecule has 0 atom stereocenters. The van der Waals surface area contributed by atoms with Crippen LogP contribution in [-0.4, -0.2) is 60.5 Å². The van der Waals surface area contributed by atoms with Gasteiger partial charge in [-0.25, -0.2) is 4.98 Å². The number of pyridine rings is 2. The zero-order valence-electron chi connectivity index (χ0n) is 18.0. The summed E-state index contributed by atoms with van der Waals surface area (Å²) in [5, 5.41) is 9.83. The molecule has 1 radical (unpaired) electrons. The Morgan fingerprint density at radius 1 is 1.44 bits per heavy atom. The fourth-order valence-corrected chi connectivity index (χ4v) is 7.47. The summed E-state index contributed by atoms with van der Waals surface area (Å²) in [5.41, 5.74) is 12.8. The number of nitrogen functional groups attached to an aromatic ring is 1. The van der Waals surface area contributed by atoms with E-state index in [1.807, 2.05) is 6.08 Å². The molecule has 0 aliphatic carbocycles. The zero-order valence-corrected chi connectivity index (χ0v) is 21.3. The molecule has 0 bridgehead atoms. The number of aliphatic imine (C=N–C) groups is 1. The van der Waals surface area contributed by atoms with E-state index in [9.17, 15) is 5.26 Å². The predicted molar refractivity (Wildman–Crippen MR) is 122 cm³/mol. The second kappa shape index (κ2) is 8.80. The van der Waals surface area contributed by atoms with Gasteiger partial charge in [0.15, 0.2) is 0 Å². The Balaban J connectivity index is 1.72. The topological polar surface area (TPSA) is 150 Å². The van der Waals surface area contributed by atoms with E-state index >= 15 is 0 Å². The van der Waals surface area contributed by atoms with E-state index in [0.717, 1.165) is 10.8 Å². The van der Waals surface area contributed by atoms with Crippen LogP contribution in [0, 0.1) is 11.3 Å². The van der Waals surface area contributed by atoms with Gasteiger partial charge in [0.2, 0.25) is 0 Å². The number of ether oxygens (including phenoxy) is 2. The number of nitrogens with zero attached hydrogens (tertiary/aromatic N) is 6. The third-order valence-electron chi connectivity index (χ3n) is 5.11. The molecule has 0 amide bonds. The number of nitrogens with two attached hydrogens (primary N) is 2. The second-order valence-corrected chi connectivity index (χ2v) is 12.3. The summed E-state index contributed by atoms with van der Waals surface area (Å²) in [5.74, 6) is 1.76. The van der Waals surface area contributed by atoms with Crippen LogP contribution < -0.4 is 16.2 Å². The summed E-state index contributed by atoms with van der Waals surface area (Å²) in [4.78, 5) is 17.2. The molecule has 10 nitrogen and oxygen atoms in total. The molecule has 0 aromatic carbocycles. The molecule has 4 rings (SSSR count). The van der Waals surface area contributed by atoms with Gasteiger partial charge < -0.3 is 5.73 Å². The van der Waals surface area contributed by atoms with Gasteiger partial charge in [-0.15, -0.1) is 0 Å². The third kappa shape index (κ3) is 4.42. The van der Waals surface area contributed by atoms with E-state index in [4.69, 9.17) is 20.9 Å². The van der Waals surface area contributed by atoms with Gasteiger partial charge in [-0.1, -0.05) is 0 Å². The summed E-state index contributed by atoms with van der Waals surface area (Å²) in [6.45, 7) is 4.94. The van der Waals surface area contributed by atoms with Gasteiger partial charge in [-0.05, 0) is 0 Å². The van der Waals surface area contributed by atoms with E-state index in [-0.39, 0.29) is 16.9 Å². The van der Waals surface area contributed by atoms with Gasteiger partial charge in [0.05, 0.1) is 0 Å². The normalized spacial score (nSPS) is 17.2. The molecule has 3 aromatic rings. The molecule has 1 fully saturated rings. The van der Waals surface area contributed by atoms with E-state index in [1.54, 1.807) is 23.7 Å². The summed E-state index contributed by atoms with van der Waals surface area (Å²) in [6.07, 6.45) is 4.90. The van der Waals surface area contributed by atoms with E-state index in [2.05, 4.69) is 39.9 Å². The van der Waals surface area contributed by atoms with Crippen molar-refractivity contribution in [2.45, 2.75) is 23.6 Å². The van der Waals surface area contributed by atoms with Gasteiger partial charge in [0.1, 0.15) is 5.82 Å². The first-order valence-electron chi connectivity index (χ1n) is 9.97. The van der Waals surface area contributed by atoms with Crippen LogP contribution in [0.2, 0.25) is 4.18 Å². The predicted octanol–water partition coefficient (Wildman–Crippen LogP) is 2.41. The van der Waals surface area contributed by atoms with E-state index in [0.29, 0.717) is 34.5 Å². The summed E-state index contributed by atoms with van der Waals surface area (Å²) in [7, 11) is 1.76. The monoisotopic (exact) mass is 533 g/mol. The van der Waals surface area contributed by atoms with Crippen molar-refractivity contribution in [2.75, 3.05) is 12.3 Å². The molecule has 32 heavy (non-hydrogen) atoms. The molecule has 161 valence electrons. The Kier molecular flexibility index (Phi) is 6.08. The zero-order chi connectivity index (χ0) is 22.9. The van der Waals surface area contributed by atoms with Crippen molar-refractivity contribution in [3.05, 3.63) is 39.5 Å². The summed E-state index contributed by atoms with van der Waals surface area (Å²) >= 11 is -0.920. The third-order valence-corrected chi connectivity index (χ3v) is 10.3. The van der Waals surface area contributed by atoms with E-state index < -0.39 is 22.9 Å². The standard InChI is InChI=1S/C21H22N8O2.In/c1-5-30-21(2,3)8-6-16(23)27-20-28-19-18(29(20)4)14(11-22)15(12-26-19)31-13-7-9-25-17(24)10-13;/h6-7,9-10,12H,1,5H2,2-4H3,(H2,24,25)(H2,23,26,27,28);. The van der Waals surface area contributed by atoms with Gasteiger partial charge in [-0.3, -0.25) is 0 Å². The van der Waals surface area contributed by atoms with E-state index in [1.165, 1.54) is 15.7 Å². The van der Waals surface area contributed by atoms with Crippen LogP contribution >= 0.6 is 0 Å². The SMILES string of the molecule is Cn1c(/N=C(N)\C=[C]2/[In][CH2]COC2(C)C)nc2ncc(Oc3ccnc(N)c3)c(C#N)c21. The van der Waals surface area contributed by atoms with Crippen molar-refractivity contribution in [2.24, 2.45) is 17.8 Å². The first-order chi connectivity index (χ1) is 15.3. The van der Waals surface area contributed by atoms with Crippen molar-refractivity contribution in [1.29, 1.82) is 5.26 Å². The first kappa shape index (κ1) is 22.1. The van der Waals surface area contributed by atoms with Crippen LogP contribution in [0.4, 0.5) is 11.8 Å². The number of rotatable bonds is 4. The number of anilines is 1. The summed E-state index contributed by atoms with van der Waals surface area (Å²) in [6, 6.07) is 5.40. The maximum atomic E-state index is 9.83. The average molecular weight is 533 g/mol. The molecule has 0 spiro atoms. The van der Waals surface area contributed by atoms with Crippen molar-refractivity contribution < 1.29 is 9.47 Å². The number of amidine groups is 1. The number of imidazole rings is 1. The van der Waals surface area contributed by atoms with Crippen molar-refractivity contribution in [3.63, 3.8) is 0 Å². The molecule has 4 heterocycles. The average Bonchev–Trinajstić information content (AvgIpc) is 3.05. The van der Waals surface area contributed by atoms with Crippen LogP contribution in [0.25, 0.3) is 11.2 Å². The fourth-order valence-electron chi connectivity index (χ4n) is 3.44. The number of aromatic nitrogens is 4. The molecule has 0 saturated carbocycles. The minimum absolute atomic E-state index is 0.286. The number of hydrogen-bond acceptors (Lipinski definition) is 8. The van der Waals surface area contributed by atoms with Crippen LogP contribution in [0.5, 0.6) is 11.5 Å². The Hall–Kier alpha value is -3.10. The van der Waals surface area contributed by atoms with Gasteiger partial charge in [-0.2, -0.15) is 0 Å². The van der Waals surface area contributed by atoms with Crippen molar-refractivity contribution >= 4 is 51.7 Å². The summed E-state index contributed by atoms with van der Waals surface area (Å²) < 4.78 is 15.8. The van der Waals surface area contributed by atoms with Gasteiger partial charge in [0, 0.05) is 6.20 Å². The fraction of sp³-hybridized carbons (Fsp3) is 0.286. The Bertz CT molecular complexity index is 1290. The van der Waals surface area contributed by atoms with Crippen molar-refractivity contribution in [3.8, 4) is 17.6 Å². The van der Waals surface area contributed by atoms with Crippen LogP contribution in [0.3, 0.4) is 0 Å². The minimum atomic E-state index is -0.920. The van der Waals surface area contributed by atoms with Gasteiger partial charge >= 0.3 is 174 Å². The Morgan fingerprint density at radius 3 is 2.97 bits per heavy atom. The van der Waals surface area contributed by atoms with Crippen molar-refractivity contribution in [1.82, 2.24) is 19.5 Å². The van der Waals surface area contributed by atoms with Gasteiger partial charge in [0.25, 0.3) is 0 Å². The molecule has 1 aliphatic heterocycles. The second-order valence-electron chi connectivity index (χ2n) is 7.76. The maximum absolute atomic E-state index is 9.83. The molecule has 1 aliphatic rings. The number of aryl methyl sites for hydroxylation is 1. The van der Waals surface area contributed by atoms with Crippen LogP contribution in [0.15, 0.2) is 38.9 Å². The molecular weight excluding hydrogens is 511 g/mol. The molecule has 4 N–H and O–H groups in total. The van der Waals surface area contributed by atoms with Crippen LogP contribution in [-0.2, 0) is 11.8 Å². The Morgan fingerprint density at radius 2 is 2.25 bits per heavy atom. The van der Waals surface area contributed by atoms with Crippen LogP contribution in [0.1, 0.15) is 19.4 Å². The molecule has 11 heteroatoms. The molecule has 1 saturated heterocycles. The Labute approximate surface area is 196 Å². The molecule has 3 aromatic heterocycles. The molecular formula is C21H22InN8O2. The first-order valence-corrected chi connectivity index (χ1v) is 13.9. The number of nitriles is 1. The molecule has 0 unspecified atom stereocenters. The number of fused-ring (bicyclic) bond motifs is 1.